The first kappa shape index (κ1) is 24.4. The molecule has 0 spiro atoms. The van der Waals surface area contributed by atoms with Crippen molar-refractivity contribution in [3.63, 3.8) is 0 Å². The first-order valence-corrected chi connectivity index (χ1v) is 10.5. The quantitative estimate of drug-likeness (QED) is 0.349. The van der Waals surface area contributed by atoms with Gasteiger partial charge in [0.05, 0.1) is 4.90 Å². The molecule has 8 heteroatoms. The van der Waals surface area contributed by atoms with Crippen LogP contribution in [0, 0.1) is 5.82 Å². The zero-order valence-electron chi connectivity index (χ0n) is 16.5. The van der Waals surface area contributed by atoms with Gasteiger partial charge in [-0.25, -0.2) is 12.8 Å². The minimum Gasteiger partial charge on any atom is -0.356 e. The molecule has 0 heterocycles. The lowest BCUT2D eigenvalue weighted by atomic mass is 9.84. The first-order chi connectivity index (χ1) is 12.6. The van der Waals surface area contributed by atoms with Crippen molar-refractivity contribution in [1.82, 2.24) is 10.6 Å². The van der Waals surface area contributed by atoms with Gasteiger partial charge in [-0.1, -0.05) is 38.1 Å². The van der Waals surface area contributed by atoms with Crippen LogP contribution in [0.1, 0.15) is 25.0 Å². The van der Waals surface area contributed by atoms with Crippen LogP contribution in [0.3, 0.4) is 0 Å². The second kappa shape index (κ2) is 10.2. The van der Waals surface area contributed by atoms with E-state index in [0.717, 1.165) is 11.1 Å². The number of aliphatic imine (C=N–C) groups is 1. The van der Waals surface area contributed by atoms with E-state index in [0.29, 0.717) is 23.9 Å². The predicted octanol–water partition coefficient (Wildman–Crippen LogP) is 3.49. The highest BCUT2D eigenvalue weighted by Crippen LogP contribution is 2.22. The number of nitrogens with one attached hydrogen (secondary N) is 2. The molecule has 0 saturated carbocycles. The molecule has 0 aliphatic rings. The summed E-state index contributed by atoms with van der Waals surface area (Å²) in [6.45, 7) is 5.14. The number of nitrogens with zero attached hydrogens (tertiary/aromatic N) is 1. The predicted molar refractivity (Wildman–Crippen MR) is 123 cm³/mol. The van der Waals surface area contributed by atoms with Crippen LogP contribution in [0.2, 0.25) is 0 Å². The van der Waals surface area contributed by atoms with Crippen LogP contribution < -0.4 is 10.6 Å². The van der Waals surface area contributed by atoms with Crippen LogP contribution in [-0.4, -0.2) is 34.2 Å². The highest BCUT2D eigenvalue weighted by atomic mass is 127. The van der Waals surface area contributed by atoms with Crippen LogP contribution >= 0.6 is 24.0 Å². The van der Waals surface area contributed by atoms with Crippen LogP contribution in [0.15, 0.2) is 58.4 Å². The third-order valence-corrected chi connectivity index (χ3v) is 5.47. The summed E-state index contributed by atoms with van der Waals surface area (Å²) in [4.78, 5) is 4.50. The van der Waals surface area contributed by atoms with E-state index in [-0.39, 0.29) is 35.2 Å². The lowest BCUT2D eigenvalue weighted by molar-refractivity contribution is 0.503. The highest BCUT2D eigenvalue weighted by Gasteiger charge is 2.21. The Bertz CT molecular complexity index is 913. The van der Waals surface area contributed by atoms with Crippen LogP contribution in [0.5, 0.6) is 0 Å². The Balaban J connectivity index is 0.00000392. The molecule has 5 nitrogen and oxygen atoms in total. The van der Waals surface area contributed by atoms with Gasteiger partial charge in [0.15, 0.2) is 15.8 Å². The summed E-state index contributed by atoms with van der Waals surface area (Å²) in [7, 11) is -1.52. The van der Waals surface area contributed by atoms with E-state index >= 15 is 0 Å². The second-order valence-corrected chi connectivity index (χ2v) is 9.11. The Kier molecular flexibility index (Phi) is 8.87. The molecular formula is C20H27FIN3O2S. The number of sulfone groups is 1. The van der Waals surface area contributed by atoms with E-state index < -0.39 is 9.84 Å². The molecule has 0 aliphatic heterocycles. The smallest absolute Gasteiger partial charge is 0.191 e. The molecule has 0 aliphatic carbocycles. The number of hydrogen-bond donors (Lipinski definition) is 2. The molecule has 0 fully saturated rings. The summed E-state index contributed by atoms with van der Waals surface area (Å²) in [5, 5.41) is 6.45. The van der Waals surface area contributed by atoms with Gasteiger partial charge in [-0.2, -0.15) is 0 Å². The molecule has 2 aromatic rings. The van der Waals surface area contributed by atoms with Crippen molar-refractivity contribution in [3.8, 4) is 0 Å². The Hall–Kier alpha value is -1.68. The number of benzene rings is 2. The molecule has 28 heavy (non-hydrogen) atoms. The van der Waals surface area contributed by atoms with Crippen molar-refractivity contribution in [2.45, 2.75) is 30.7 Å². The fourth-order valence-electron chi connectivity index (χ4n) is 2.58. The van der Waals surface area contributed by atoms with Gasteiger partial charge in [-0.3, -0.25) is 4.99 Å². The third-order valence-electron chi connectivity index (χ3n) is 4.34. The van der Waals surface area contributed by atoms with Crippen LogP contribution in [0.25, 0.3) is 0 Å². The molecule has 0 atom stereocenters. The SMILES string of the molecule is CN=C(NCc1ccc(S(C)(=O)=O)cc1)NCC(C)(C)c1cccc(F)c1.I. The van der Waals surface area contributed by atoms with Crippen molar-refractivity contribution in [3.05, 3.63) is 65.5 Å². The average molecular weight is 519 g/mol. The molecule has 0 amide bonds. The van der Waals surface area contributed by atoms with Gasteiger partial charge in [0, 0.05) is 31.8 Å². The maximum atomic E-state index is 13.5. The van der Waals surface area contributed by atoms with E-state index in [9.17, 15) is 12.8 Å². The van der Waals surface area contributed by atoms with Gasteiger partial charge in [-0.15, -0.1) is 24.0 Å². The number of guanidine groups is 1. The zero-order valence-corrected chi connectivity index (χ0v) is 19.6. The molecule has 0 unspecified atom stereocenters. The molecule has 0 aromatic heterocycles. The minimum absolute atomic E-state index is 0. The Morgan fingerprint density at radius 1 is 1.11 bits per heavy atom. The Labute approximate surface area is 183 Å². The van der Waals surface area contributed by atoms with E-state index in [2.05, 4.69) is 15.6 Å². The van der Waals surface area contributed by atoms with Crippen LogP contribution in [0.4, 0.5) is 4.39 Å². The van der Waals surface area contributed by atoms with Gasteiger partial charge in [0.1, 0.15) is 5.82 Å². The van der Waals surface area contributed by atoms with Gasteiger partial charge >= 0.3 is 0 Å². The van der Waals surface area contributed by atoms with Gasteiger partial charge in [0.25, 0.3) is 0 Å². The summed E-state index contributed by atoms with van der Waals surface area (Å²) in [6.07, 6.45) is 1.19. The summed E-state index contributed by atoms with van der Waals surface area (Å²) in [5.74, 6) is 0.368. The fourth-order valence-corrected chi connectivity index (χ4v) is 3.21. The fraction of sp³-hybridized carbons (Fsp3) is 0.350. The van der Waals surface area contributed by atoms with Gasteiger partial charge in [0.2, 0.25) is 0 Å². The van der Waals surface area contributed by atoms with Crippen molar-refractivity contribution >= 4 is 39.8 Å². The van der Waals surface area contributed by atoms with Crippen molar-refractivity contribution < 1.29 is 12.8 Å². The van der Waals surface area contributed by atoms with Crippen molar-refractivity contribution in [1.29, 1.82) is 0 Å². The number of rotatable bonds is 6. The van der Waals surface area contributed by atoms with E-state index in [1.54, 1.807) is 43.4 Å². The molecule has 0 saturated heterocycles. The van der Waals surface area contributed by atoms with E-state index in [4.69, 9.17) is 0 Å². The molecule has 0 radical (unpaired) electrons. The molecule has 2 aromatic carbocycles. The number of hydrogen-bond acceptors (Lipinski definition) is 3. The van der Waals surface area contributed by atoms with Gasteiger partial charge in [-0.05, 0) is 35.4 Å². The van der Waals surface area contributed by atoms with Crippen molar-refractivity contribution in [2.75, 3.05) is 19.8 Å². The molecule has 2 rings (SSSR count). The van der Waals surface area contributed by atoms with E-state index in [1.165, 1.54) is 12.3 Å². The average Bonchev–Trinajstić information content (AvgIpc) is 2.61. The minimum atomic E-state index is -3.19. The largest absolute Gasteiger partial charge is 0.356 e. The Morgan fingerprint density at radius 2 is 1.75 bits per heavy atom. The molecule has 0 bridgehead atoms. The van der Waals surface area contributed by atoms with Crippen LogP contribution in [-0.2, 0) is 21.8 Å². The summed E-state index contributed by atoms with van der Waals surface area (Å²) >= 11 is 0. The molecule has 154 valence electrons. The van der Waals surface area contributed by atoms with Gasteiger partial charge < -0.3 is 10.6 Å². The monoisotopic (exact) mass is 519 g/mol. The van der Waals surface area contributed by atoms with E-state index in [1.807, 2.05) is 19.9 Å². The summed E-state index contributed by atoms with van der Waals surface area (Å²) < 4.78 is 36.5. The zero-order chi connectivity index (χ0) is 20.1. The topological polar surface area (TPSA) is 70.6 Å². The third kappa shape index (κ3) is 7.05. The first-order valence-electron chi connectivity index (χ1n) is 8.61. The molecule has 2 N–H and O–H groups in total. The second-order valence-electron chi connectivity index (χ2n) is 7.09. The highest BCUT2D eigenvalue weighted by molar-refractivity contribution is 14.0. The number of halogens is 2. The standard InChI is InChI=1S/C20H26FN3O2S.HI/c1-20(2,16-6-5-7-17(21)12-16)14-24-19(22-3)23-13-15-8-10-18(11-9-15)27(4,25)26;/h5-12H,13-14H2,1-4H3,(H2,22,23,24);1H. The lowest BCUT2D eigenvalue weighted by Crippen LogP contribution is -2.43. The summed E-state index contributed by atoms with van der Waals surface area (Å²) in [6, 6.07) is 13.3. The lowest BCUT2D eigenvalue weighted by Gasteiger charge is -2.27. The molecular weight excluding hydrogens is 492 g/mol. The van der Waals surface area contributed by atoms with Crippen molar-refractivity contribution in [2.24, 2.45) is 4.99 Å². The maximum Gasteiger partial charge on any atom is 0.191 e. The Morgan fingerprint density at radius 3 is 2.29 bits per heavy atom. The summed E-state index contributed by atoms with van der Waals surface area (Å²) in [5.41, 5.74) is 1.56. The maximum absolute atomic E-state index is 13.5. The normalized spacial score (nSPS) is 12.2.